The van der Waals surface area contributed by atoms with Crippen molar-refractivity contribution in [1.82, 2.24) is 35.5 Å². The molecule has 4 rings (SSSR count). The Balaban J connectivity index is 1.42. The highest BCUT2D eigenvalue weighted by Gasteiger charge is 2.18. The minimum atomic E-state index is 0.527. The Hall–Kier alpha value is -3.07. The third-order valence-corrected chi connectivity index (χ3v) is 4.87. The van der Waals surface area contributed by atoms with E-state index in [0.29, 0.717) is 30.2 Å². The Bertz CT molecular complexity index is 889. The fourth-order valence-corrected chi connectivity index (χ4v) is 3.36. The van der Waals surface area contributed by atoms with Crippen molar-refractivity contribution in [2.24, 2.45) is 5.92 Å². The number of benzene rings is 1. The molecule has 0 radical (unpaired) electrons. The maximum Gasteiger partial charge on any atom is 0.230 e. The zero-order chi connectivity index (χ0) is 19.3. The predicted molar refractivity (Wildman–Crippen MR) is 108 cm³/mol. The number of hydrogen-bond acceptors (Lipinski definition) is 8. The van der Waals surface area contributed by atoms with Gasteiger partial charge in [-0.1, -0.05) is 30.3 Å². The van der Waals surface area contributed by atoms with Crippen LogP contribution < -0.4 is 15.1 Å². The fraction of sp³-hybridized carbons (Fsp3) is 0.421. The minimum absolute atomic E-state index is 0.527. The number of hydrogen-bond donors (Lipinski definition) is 2. The summed E-state index contributed by atoms with van der Waals surface area (Å²) in [4.78, 5) is 21.9. The molecule has 0 amide bonds. The molecule has 1 aromatic carbocycles. The van der Waals surface area contributed by atoms with Gasteiger partial charge in [-0.05, 0) is 25.4 Å². The summed E-state index contributed by atoms with van der Waals surface area (Å²) in [6, 6.07) is 9.91. The van der Waals surface area contributed by atoms with Crippen LogP contribution in [0.5, 0.6) is 0 Å². The number of aromatic nitrogens is 6. The van der Waals surface area contributed by atoms with E-state index in [0.717, 1.165) is 31.0 Å². The van der Waals surface area contributed by atoms with E-state index in [4.69, 9.17) is 0 Å². The number of nitrogens with zero attached hydrogens (tertiary/aromatic N) is 7. The molecule has 3 aromatic rings. The largest absolute Gasteiger partial charge is 0.343 e. The lowest BCUT2D eigenvalue weighted by Gasteiger charge is -2.22. The van der Waals surface area contributed by atoms with E-state index in [-0.39, 0.29) is 0 Å². The van der Waals surface area contributed by atoms with Crippen molar-refractivity contribution in [2.45, 2.75) is 13.0 Å². The molecule has 0 spiro atoms. The zero-order valence-electron chi connectivity index (χ0n) is 16.2. The van der Waals surface area contributed by atoms with Crippen LogP contribution in [0.15, 0.2) is 36.7 Å². The number of rotatable bonds is 7. The Kier molecular flexibility index (Phi) is 5.43. The van der Waals surface area contributed by atoms with Gasteiger partial charge in [-0.15, -0.1) is 0 Å². The van der Waals surface area contributed by atoms with E-state index in [1.165, 1.54) is 6.42 Å². The lowest BCUT2D eigenvalue weighted by atomic mass is 10.1. The van der Waals surface area contributed by atoms with Gasteiger partial charge < -0.3 is 15.1 Å². The SMILES string of the molecule is CN(Cc1nc(-c2ccccc2)n[nH]1)c1ncnc(N(C)CC2CCNC2)n1. The van der Waals surface area contributed by atoms with Crippen LogP contribution in [0.3, 0.4) is 0 Å². The van der Waals surface area contributed by atoms with Gasteiger partial charge in [0.25, 0.3) is 0 Å². The topological polar surface area (TPSA) is 98.8 Å². The Morgan fingerprint density at radius 3 is 2.57 bits per heavy atom. The van der Waals surface area contributed by atoms with Crippen molar-refractivity contribution < 1.29 is 0 Å². The number of aromatic amines is 1. The second kappa shape index (κ2) is 8.30. The molecule has 1 unspecified atom stereocenters. The molecule has 9 nitrogen and oxygen atoms in total. The molecule has 146 valence electrons. The van der Waals surface area contributed by atoms with Crippen molar-refractivity contribution in [3.63, 3.8) is 0 Å². The molecule has 1 aliphatic rings. The minimum Gasteiger partial charge on any atom is -0.343 e. The van der Waals surface area contributed by atoms with Gasteiger partial charge >= 0.3 is 0 Å². The molecule has 2 aromatic heterocycles. The Morgan fingerprint density at radius 2 is 1.82 bits per heavy atom. The van der Waals surface area contributed by atoms with Crippen LogP contribution in [0.4, 0.5) is 11.9 Å². The summed E-state index contributed by atoms with van der Waals surface area (Å²) in [7, 11) is 3.96. The summed E-state index contributed by atoms with van der Waals surface area (Å²) in [5.74, 6) is 3.37. The average molecular weight is 379 g/mol. The van der Waals surface area contributed by atoms with Crippen molar-refractivity contribution in [2.75, 3.05) is 43.5 Å². The molecule has 2 N–H and O–H groups in total. The molecule has 28 heavy (non-hydrogen) atoms. The molecular weight excluding hydrogens is 354 g/mol. The third-order valence-electron chi connectivity index (χ3n) is 4.87. The van der Waals surface area contributed by atoms with Gasteiger partial charge in [0.15, 0.2) is 5.82 Å². The van der Waals surface area contributed by atoms with Gasteiger partial charge in [0.1, 0.15) is 12.2 Å². The van der Waals surface area contributed by atoms with Crippen LogP contribution in [0, 0.1) is 5.92 Å². The molecule has 1 fully saturated rings. The monoisotopic (exact) mass is 379 g/mol. The number of nitrogens with one attached hydrogen (secondary N) is 2. The Morgan fingerprint density at radius 1 is 1.04 bits per heavy atom. The molecule has 0 bridgehead atoms. The molecular formula is C19H25N9. The molecule has 9 heteroatoms. The second-order valence-corrected chi connectivity index (χ2v) is 7.15. The van der Waals surface area contributed by atoms with Crippen LogP contribution in [-0.2, 0) is 6.54 Å². The number of anilines is 2. The van der Waals surface area contributed by atoms with Crippen molar-refractivity contribution >= 4 is 11.9 Å². The maximum atomic E-state index is 4.62. The number of H-pyrrole nitrogens is 1. The normalized spacial score (nSPS) is 16.3. The van der Waals surface area contributed by atoms with Crippen molar-refractivity contribution in [3.05, 3.63) is 42.5 Å². The fourth-order valence-electron chi connectivity index (χ4n) is 3.36. The van der Waals surface area contributed by atoms with Gasteiger partial charge in [0.05, 0.1) is 6.54 Å². The van der Waals surface area contributed by atoms with Crippen LogP contribution in [0.2, 0.25) is 0 Å². The van der Waals surface area contributed by atoms with Gasteiger partial charge in [0, 0.05) is 26.2 Å². The summed E-state index contributed by atoms with van der Waals surface area (Å²) in [5, 5.41) is 10.7. The highest BCUT2D eigenvalue weighted by Crippen LogP contribution is 2.17. The van der Waals surface area contributed by atoms with Crippen LogP contribution in [-0.4, -0.2) is 63.9 Å². The molecule has 1 aliphatic heterocycles. The van der Waals surface area contributed by atoms with Gasteiger partial charge in [-0.3, -0.25) is 5.10 Å². The van der Waals surface area contributed by atoms with Crippen LogP contribution in [0.25, 0.3) is 11.4 Å². The van der Waals surface area contributed by atoms with E-state index >= 15 is 0 Å². The van der Waals surface area contributed by atoms with E-state index < -0.39 is 0 Å². The van der Waals surface area contributed by atoms with Crippen molar-refractivity contribution in [1.29, 1.82) is 0 Å². The molecule has 1 atom stereocenters. The average Bonchev–Trinajstić information content (AvgIpc) is 3.41. The first-order valence-electron chi connectivity index (χ1n) is 9.48. The summed E-state index contributed by atoms with van der Waals surface area (Å²) < 4.78 is 0. The summed E-state index contributed by atoms with van der Waals surface area (Å²) in [5.41, 5.74) is 0.984. The van der Waals surface area contributed by atoms with Crippen LogP contribution in [0.1, 0.15) is 12.2 Å². The van der Waals surface area contributed by atoms with Crippen molar-refractivity contribution in [3.8, 4) is 11.4 Å². The lowest BCUT2D eigenvalue weighted by Crippen LogP contribution is -2.29. The van der Waals surface area contributed by atoms with Gasteiger partial charge in [0.2, 0.25) is 11.9 Å². The maximum absolute atomic E-state index is 4.62. The van der Waals surface area contributed by atoms with Crippen LogP contribution >= 0.6 is 0 Å². The molecule has 0 saturated carbocycles. The third kappa shape index (κ3) is 4.25. The van der Waals surface area contributed by atoms with E-state index in [1.54, 1.807) is 6.33 Å². The smallest absolute Gasteiger partial charge is 0.230 e. The zero-order valence-corrected chi connectivity index (χ0v) is 16.2. The van der Waals surface area contributed by atoms with Gasteiger partial charge in [-0.2, -0.15) is 10.1 Å². The Labute approximate surface area is 164 Å². The standard InChI is InChI=1S/C19H25N9/c1-27(11-14-8-9-20-10-14)18-21-13-22-19(24-18)28(2)12-16-23-17(26-25-16)15-6-4-3-5-7-15/h3-7,13-14,20H,8-12H2,1-2H3,(H,23,25,26). The molecule has 0 aliphatic carbocycles. The summed E-state index contributed by atoms with van der Waals surface area (Å²) >= 11 is 0. The van der Waals surface area contributed by atoms with E-state index in [9.17, 15) is 0 Å². The first-order chi connectivity index (χ1) is 13.7. The van der Waals surface area contributed by atoms with E-state index in [2.05, 4.69) is 40.3 Å². The molecule has 1 saturated heterocycles. The summed E-state index contributed by atoms with van der Waals surface area (Å²) in [6.45, 7) is 3.60. The predicted octanol–water partition coefficient (Wildman–Crippen LogP) is 1.34. The van der Waals surface area contributed by atoms with Gasteiger partial charge in [-0.25, -0.2) is 15.0 Å². The second-order valence-electron chi connectivity index (χ2n) is 7.15. The molecule has 3 heterocycles. The highest BCUT2D eigenvalue weighted by molar-refractivity contribution is 5.53. The lowest BCUT2D eigenvalue weighted by molar-refractivity contribution is 0.572. The highest BCUT2D eigenvalue weighted by atomic mass is 15.3. The summed E-state index contributed by atoms with van der Waals surface area (Å²) in [6.07, 6.45) is 2.75. The first kappa shape index (κ1) is 18.3. The van der Waals surface area contributed by atoms with E-state index in [1.807, 2.05) is 49.3 Å². The first-order valence-corrected chi connectivity index (χ1v) is 9.48. The quantitative estimate of drug-likeness (QED) is 0.635.